The topological polar surface area (TPSA) is 58.1 Å². The van der Waals surface area contributed by atoms with E-state index in [0.29, 0.717) is 0 Å². The van der Waals surface area contributed by atoms with Crippen molar-refractivity contribution < 1.29 is 31.1 Å². The number of anilines is 1. The smallest absolute Gasteiger partial charge is 0.352 e. The van der Waals surface area contributed by atoms with Gasteiger partial charge in [-0.3, -0.25) is 4.79 Å². The van der Waals surface area contributed by atoms with Crippen molar-refractivity contribution in [3.63, 3.8) is 0 Å². The quantitative estimate of drug-likeness (QED) is 0.397. The van der Waals surface area contributed by atoms with Gasteiger partial charge in [-0.05, 0) is 24.1 Å². The minimum atomic E-state index is -4.91. The maximum atomic E-state index is 14.3. The van der Waals surface area contributed by atoms with E-state index in [1.54, 1.807) is 0 Å². The zero-order valence-corrected chi connectivity index (χ0v) is 19.0. The fourth-order valence-electron chi connectivity index (χ4n) is 3.59. The summed E-state index contributed by atoms with van der Waals surface area (Å²) >= 11 is 17.7. The lowest BCUT2D eigenvalue weighted by molar-refractivity contribution is -0.184. The van der Waals surface area contributed by atoms with Crippen molar-refractivity contribution >= 4 is 46.7 Å². The second-order valence-electron chi connectivity index (χ2n) is 7.46. The first-order valence-electron chi connectivity index (χ1n) is 9.30. The van der Waals surface area contributed by atoms with E-state index in [-0.39, 0.29) is 27.2 Å². The van der Waals surface area contributed by atoms with Gasteiger partial charge in [0.05, 0.1) is 15.1 Å². The molecule has 0 radical (unpaired) electrons. The fraction of sp³-hybridized carbons (Fsp3) is 0.421. The monoisotopic (exact) mass is 534 g/mol. The van der Waals surface area contributed by atoms with E-state index < -0.39 is 60.4 Å². The zero-order valence-electron chi connectivity index (χ0n) is 16.7. The second-order valence-corrected chi connectivity index (χ2v) is 8.65. The molecule has 0 saturated carbocycles. The van der Waals surface area contributed by atoms with Crippen molar-refractivity contribution in [3.05, 3.63) is 50.2 Å². The van der Waals surface area contributed by atoms with Crippen LogP contribution in [0.4, 0.5) is 32.3 Å². The number of amides is 1. The van der Waals surface area contributed by atoms with E-state index in [9.17, 15) is 31.1 Å². The van der Waals surface area contributed by atoms with Gasteiger partial charge in [0.1, 0.15) is 5.41 Å². The summed E-state index contributed by atoms with van der Waals surface area (Å²) in [4.78, 5) is 19.4. The average molecular weight is 536 g/mol. The molecular weight excluding hydrogens is 521 g/mol. The van der Waals surface area contributed by atoms with Crippen LogP contribution in [0.15, 0.2) is 18.3 Å². The maximum Gasteiger partial charge on any atom is 0.433 e. The van der Waals surface area contributed by atoms with Crippen LogP contribution in [-0.4, -0.2) is 35.1 Å². The molecule has 1 aliphatic rings. The molecule has 1 fully saturated rings. The van der Waals surface area contributed by atoms with Crippen molar-refractivity contribution in [2.45, 2.75) is 37.7 Å². The lowest BCUT2D eigenvalue weighted by Gasteiger charge is -2.32. The minimum absolute atomic E-state index is 0.109. The van der Waals surface area contributed by atoms with Gasteiger partial charge in [0.2, 0.25) is 11.9 Å². The van der Waals surface area contributed by atoms with Gasteiger partial charge in [-0.1, -0.05) is 34.8 Å². The molecular formula is C19H15Cl3F6N4O. The molecule has 1 aromatic carbocycles. The van der Waals surface area contributed by atoms with E-state index in [2.05, 4.69) is 15.3 Å². The Balaban J connectivity index is 2.02. The number of nitrogens with zero attached hydrogens (tertiary/aromatic N) is 3. The molecule has 1 aromatic heterocycles. The molecule has 1 amide bonds. The Bertz CT molecular complexity index is 1060. The highest BCUT2D eigenvalue weighted by Crippen LogP contribution is 2.50. The van der Waals surface area contributed by atoms with Crippen LogP contribution in [0.3, 0.4) is 0 Å². The summed E-state index contributed by atoms with van der Waals surface area (Å²) in [6.45, 7) is -0.399. The third-order valence-corrected chi connectivity index (χ3v) is 6.48. The van der Waals surface area contributed by atoms with Crippen molar-refractivity contribution in [1.29, 1.82) is 0 Å². The molecule has 1 N–H and O–H groups in total. The summed E-state index contributed by atoms with van der Waals surface area (Å²) in [6, 6.07) is 2.09. The highest BCUT2D eigenvalue weighted by Gasteiger charge is 2.59. The Kier molecular flexibility index (Phi) is 6.99. The van der Waals surface area contributed by atoms with Gasteiger partial charge in [0.25, 0.3) is 0 Å². The average Bonchev–Trinajstić information content (AvgIpc) is 3.16. The first kappa shape index (κ1) is 25.6. The summed E-state index contributed by atoms with van der Waals surface area (Å²) < 4.78 is 83.4. The highest BCUT2D eigenvalue weighted by molar-refractivity contribution is 6.48. The summed E-state index contributed by atoms with van der Waals surface area (Å²) in [6.07, 6.45) is -9.36. The van der Waals surface area contributed by atoms with Crippen molar-refractivity contribution in [2.24, 2.45) is 0 Å². The Hall–Kier alpha value is -1.98. The van der Waals surface area contributed by atoms with Gasteiger partial charge in [0, 0.05) is 38.3 Å². The number of carbonyl (C=O) groups excluding carboxylic acids is 1. The molecule has 33 heavy (non-hydrogen) atoms. The molecule has 0 spiro atoms. The van der Waals surface area contributed by atoms with Gasteiger partial charge in [-0.15, -0.1) is 0 Å². The van der Waals surface area contributed by atoms with Crippen LogP contribution in [0.1, 0.15) is 30.2 Å². The standard InChI is InChI=1S/C19H15Cl3F6N4O/c1-9(33)29-6-10-7-30-16(31-15(10)18(23,24)25)32-3-2-17(8-32,19(26,27)28)11-4-12(20)14(22)13(21)5-11/h4-5,7H,2-3,6,8H2,1H3,(H,29,33). The van der Waals surface area contributed by atoms with E-state index >= 15 is 0 Å². The minimum Gasteiger partial charge on any atom is -0.352 e. The first-order valence-corrected chi connectivity index (χ1v) is 10.4. The van der Waals surface area contributed by atoms with E-state index in [1.165, 1.54) is 0 Å². The number of hydrogen-bond donors (Lipinski definition) is 1. The molecule has 3 rings (SSSR count). The van der Waals surface area contributed by atoms with Crippen LogP contribution in [0.25, 0.3) is 0 Å². The van der Waals surface area contributed by atoms with Gasteiger partial charge in [-0.25, -0.2) is 9.97 Å². The third kappa shape index (κ3) is 5.09. The number of hydrogen-bond acceptors (Lipinski definition) is 4. The van der Waals surface area contributed by atoms with Crippen molar-refractivity contribution in [2.75, 3.05) is 18.0 Å². The van der Waals surface area contributed by atoms with E-state index in [0.717, 1.165) is 30.2 Å². The fourth-order valence-corrected chi connectivity index (χ4v) is 4.18. The number of rotatable bonds is 4. The molecule has 14 heteroatoms. The highest BCUT2D eigenvalue weighted by atomic mass is 35.5. The number of halogens is 9. The Morgan fingerprint density at radius 2 is 1.76 bits per heavy atom. The molecule has 0 bridgehead atoms. The van der Waals surface area contributed by atoms with Gasteiger partial charge in [-0.2, -0.15) is 26.3 Å². The van der Waals surface area contributed by atoms with Gasteiger partial charge < -0.3 is 10.2 Å². The predicted octanol–water partition coefficient (Wildman–Crippen LogP) is 5.80. The molecule has 1 aliphatic heterocycles. The molecule has 180 valence electrons. The number of carbonyl (C=O) groups is 1. The predicted molar refractivity (Wildman–Crippen MR) is 111 cm³/mol. The lowest BCUT2D eigenvalue weighted by atomic mass is 9.79. The summed E-state index contributed by atoms with van der Waals surface area (Å²) in [7, 11) is 0. The van der Waals surface area contributed by atoms with Gasteiger partial charge in [0.15, 0.2) is 5.69 Å². The number of aromatic nitrogens is 2. The SMILES string of the molecule is CC(=O)NCc1cnc(N2CCC(c3cc(Cl)c(Cl)c(Cl)c3)(C(F)(F)F)C2)nc1C(F)(F)F. The molecule has 2 heterocycles. The van der Waals surface area contributed by atoms with Crippen molar-refractivity contribution in [3.8, 4) is 0 Å². The molecule has 1 saturated heterocycles. The summed E-state index contributed by atoms with van der Waals surface area (Å²) in [5, 5.41) is 1.74. The van der Waals surface area contributed by atoms with Crippen LogP contribution >= 0.6 is 34.8 Å². The van der Waals surface area contributed by atoms with Crippen molar-refractivity contribution in [1.82, 2.24) is 15.3 Å². The van der Waals surface area contributed by atoms with E-state index in [4.69, 9.17) is 34.8 Å². The number of benzene rings is 1. The molecule has 1 unspecified atom stereocenters. The van der Waals surface area contributed by atoms with Crippen LogP contribution in [0.5, 0.6) is 0 Å². The summed E-state index contributed by atoms with van der Waals surface area (Å²) in [5.41, 5.74) is -4.51. The molecule has 1 atom stereocenters. The summed E-state index contributed by atoms with van der Waals surface area (Å²) in [5.74, 6) is -1.09. The Labute approximate surface area is 199 Å². The normalized spacial score (nSPS) is 19.2. The Morgan fingerprint density at radius 3 is 2.27 bits per heavy atom. The van der Waals surface area contributed by atoms with Crippen LogP contribution in [0.2, 0.25) is 15.1 Å². The Morgan fingerprint density at radius 1 is 1.15 bits per heavy atom. The lowest BCUT2D eigenvalue weighted by Crippen LogP contribution is -2.45. The largest absolute Gasteiger partial charge is 0.433 e. The molecule has 5 nitrogen and oxygen atoms in total. The zero-order chi connectivity index (χ0) is 24.8. The van der Waals surface area contributed by atoms with Gasteiger partial charge >= 0.3 is 12.4 Å². The maximum absolute atomic E-state index is 14.3. The van der Waals surface area contributed by atoms with Crippen LogP contribution < -0.4 is 10.2 Å². The molecule has 2 aromatic rings. The van der Waals surface area contributed by atoms with E-state index in [1.807, 2.05) is 0 Å². The molecule has 0 aliphatic carbocycles. The number of alkyl halides is 6. The van der Waals surface area contributed by atoms with Crippen LogP contribution in [0, 0.1) is 0 Å². The number of nitrogens with one attached hydrogen (secondary N) is 1. The van der Waals surface area contributed by atoms with Crippen LogP contribution in [-0.2, 0) is 22.9 Å². The third-order valence-electron chi connectivity index (χ3n) is 5.28. The first-order chi connectivity index (χ1) is 15.2. The second kappa shape index (κ2) is 8.99.